The molecule has 0 spiro atoms. The lowest BCUT2D eigenvalue weighted by molar-refractivity contribution is 0.883. The number of halogens is 2. The first kappa shape index (κ1) is 12.2. The van der Waals surface area contributed by atoms with Crippen LogP contribution < -0.4 is 5.32 Å². The summed E-state index contributed by atoms with van der Waals surface area (Å²) in [5.41, 5.74) is 1.98. The van der Waals surface area contributed by atoms with Gasteiger partial charge in [-0.05, 0) is 30.7 Å². The Morgan fingerprint density at radius 2 is 1.82 bits per heavy atom. The van der Waals surface area contributed by atoms with E-state index in [1.165, 1.54) is 0 Å². The molecule has 1 aromatic carbocycles. The predicted octanol–water partition coefficient (Wildman–Crippen LogP) is 4.56. The highest BCUT2D eigenvalue weighted by Gasteiger charge is 2.07. The highest BCUT2D eigenvalue weighted by Crippen LogP contribution is 2.25. The monoisotopic (exact) mass is 266 g/mol. The number of hydrogen-bond acceptors (Lipinski definition) is 2. The molecule has 4 heteroatoms. The molecule has 1 unspecified atom stereocenters. The molecular formula is C13H12Cl2N2. The second-order valence-electron chi connectivity index (χ2n) is 3.77. The van der Waals surface area contributed by atoms with Crippen LogP contribution in [0.1, 0.15) is 18.5 Å². The van der Waals surface area contributed by atoms with Gasteiger partial charge in [0.15, 0.2) is 0 Å². The largest absolute Gasteiger partial charge is 0.376 e. The lowest BCUT2D eigenvalue weighted by Gasteiger charge is -2.16. The summed E-state index contributed by atoms with van der Waals surface area (Å²) in [6.07, 6.45) is 3.38. The predicted molar refractivity (Wildman–Crippen MR) is 72.7 cm³/mol. The lowest BCUT2D eigenvalue weighted by atomic mass is 10.1. The zero-order valence-electron chi connectivity index (χ0n) is 9.32. The number of anilines is 1. The third kappa shape index (κ3) is 3.11. The highest BCUT2D eigenvalue weighted by molar-refractivity contribution is 6.33. The molecule has 0 radical (unpaired) electrons. The number of aromatic nitrogens is 1. The summed E-state index contributed by atoms with van der Waals surface area (Å²) >= 11 is 11.9. The summed E-state index contributed by atoms with van der Waals surface area (Å²) in [5.74, 6) is 0. The molecule has 0 amide bonds. The first-order valence-electron chi connectivity index (χ1n) is 5.28. The van der Waals surface area contributed by atoms with E-state index < -0.39 is 0 Å². The fourth-order valence-electron chi connectivity index (χ4n) is 1.55. The second kappa shape index (κ2) is 5.39. The Kier molecular flexibility index (Phi) is 3.87. The molecule has 2 aromatic rings. The van der Waals surface area contributed by atoms with Crippen molar-refractivity contribution in [1.29, 1.82) is 0 Å². The maximum Gasteiger partial charge on any atom is 0.0720 e. The standard InChI is InChI=1S/C13H12Cl2N2/c1-9(10-2-4-11(14)5-3-10)17-13-8-16-7-6-12(13)15/h2-9,17H,1H3. The van der Waals surface area contributed by atoms with Crippen LogP contribution in [0.5, 0.6) is 0 Å². The topological polar surface area (TPSA) is 24.9 Å². The van der Waals surface area contributed by atoms with Gasteiger partial charge < -0.3 is 5.32 Å². The number of benzene rings is 1. The van der Waals surface area contributed by atoms with E-state index >= 15 is 0 Å². The molecule has 0 bridgehead atoms. The summed E-state index contributed by atoms with van der Waals surface area (Å²) in [4.78, 5) is 4.04. The van der Waals surface area contributed by atoms with Crippen LogP contribution in [-0.4, -0.2) is 4.98 Å². The summed E-state index contributed by atoms with van der Waals surface area (Å²) in [6, 6.07) is 9.64. The highest BCUT2D eigenvalue weighted by atomic mass is 35.5. The Labute approximate surface area is 111 Å². The average Bonchev–Trinajstić information content (AvgIpc) is 2.33. The second-order valence-corrected chi connectivity index (χ2v) is 4.62. The molecule has 0 aliphatic heterocycles. The summed E-state index contributed by atoms with van der Waals surface area (Å²) in [5, 5.41) is 4.71. The number of nitrogens with one attached hydrogen (secondary N) is 1. The van der Waals surface area contributed by atoms with E-state index in [0.717, 1.165) is 16.3 Å². The Bertz CT molecular complexity index is 497. The van der Waals surface area contributed by atoms with Crippen LogP contribution in [0.2, 0.25) is 10.0 Å². The molecule has 1 heterocycles. The molecule has 17 heavy (non-hydrogen) atoms. The van der Waals surface area contributed by atoms with Gasteiger partial charge in [-0.1, -0.05) is 35.3 Å². The van der Waals surface area contributed by atoms with Crippen molar-refractivity contribution >= 4 is 28.9 Å². The van der Waals surface area contributed by atoms with Gasteiger partial charge in [0.2, 0.25) is 0 Å². The summed E-state index contributed by atoms with van der Waals surface area (Å²) in [6.45, 7) is 2.06. The van der Waals surface area contributed by atoms with E-state index in [1.807, 2.05) is 24.3 Å². The zero-order chi connectivity index (χ0) is 12.3. The Morgan fingerprint density at radius 1 is 1.12 bits per heavy atom. The molecule has 2 nitrogen and oxygen atoms in total. The van der Waals surface area contributed by atoms with Gasteiger partial charge in [0.05, 0.1) is 16.9 Å². The van der Waals surface area contributed by atoms with E-state index in [1.54, 1.807) is 18.5 Å². The molecule has 0 saturated heterocycles. The van der Waals surface area contributed by atoms with Crippen LogP contribution in [0.25, 0.3) is 0 Å². The first-order chi connectivity index (χ1) is 8.16. The average molecular weight is 267 g/mol. The maximum absolute atomic E-state index is 6.06. The van der Waals surface area contributed by atoms with Crippen molar-refractivity contribution in [3.63, 3.8) is 0 Å². The van der Waals surface area contributed by atoms with Crippen LogP contribution >= 0.6 is 23.2 Å². The van der Waals surface area contributed by atoms with Gasteiger partial charge in [0.25, 0.3) is 0 Å². The minimum absolute atomic E-state index is 0.147. The lowest BCUT2D eigenvalue weighted by Crippen LogP contribution is -2.06. The molecule has 0 saturated carbocycles. The van der Waals surface area contributed by atoms with Crippen LogP contribution in [0.15, 0.2) is 42.7 Å². The normalized spacial score (nSPS) is 12.2. The Hall–Kier alpha value is -1.25. The third-order valence-corrected chi connectivity index (χ3v) is 3.09. The molecule has 0 aliphatic carbocycles. The summed E-state index contributed by atoms with van der Waals surface area (Å²) in [7, 11) is 0. The van der Waals surface area contributed by atoms with Crippen LogP contribution in [0.4, 0.5) is 5.69 Å². The van der Waals surface area contributed by atoms with E-state index in [-0.39, 0.29) is 6.04 Å². The molecule has 0 fully saturated rings. The Balaban J connectivity index is 2.14. The maximum atomic E-state index is 6.06. The van der Waals surface area contributed by atoms with Gasteiger partial charge >= 0.3 is 0 Å². The molecule has 1 aromatic heterocycles. The van der Waals surface area contributed by atoms with Gasteiger partial charge in [-0.2, -0.15) is 0 Å². The fourth-order valence-corrected chi connectivity index (χ4v) is 1.84. The SMILES string of the molecule is CC(Nc1cnccc1Cl)c1ccc(Cl)cc1. The van der Waals surface area contributed by atoms with E-state index in [2.05, 4.69) is 17.2 Å². The minimum Gasteiger partial charge on any atom is -0.376 e. The first-order valence-corrected chi connectivity index (χ1v) is 6.04. The van der Waals surface area contributed by atoms with Crippen LogP contribution in [0.3, 0.4) is 0 Å². The van der Waals surface area contributed by atoms with Crippen molar-refractivity contribution in [3.05, 3.63) is 58.3 Å². The molecular weight excluding hydrogens is 255 g/mol. The van der Waals surface area contributed by atoms with Crippen molar-refractivity contribution in [1.82, 2.24) is 4.98 Å². The van der Waals surface area contributed by atoms with Gasteiger partial charge in [-0.25, -0.2) is 0 Å². The van der Waals surface area contributed by atoms with Gasteiger partial charge in [-0.15, -0.1) is 0 Å². The third-order valence-electron chi connectivity index (χ3n) is 2.51. The molecule has 1 atom stereocenters. The number of rotatable bonds is 3. The molecule has 2 rings (SSSR count). The van der Waals surface area contributed by atoms with Crippen LogP contribution in [0, 0.1) is 0 Å². The molecule has 88 valence electrons. The van der Waals surface area contributed by atoms with Crippen molar-refractivity contribution in [3.8, 4) is 0 Å². The van der Waals surface area contributed by atoms with Crippen molar-refractivity contribution < 1.29 is 0 Å². The Morgan fingerprint density at radius 3 is 2.47 bits per heavy atom. The van der Waals surface area contributed by atoms with E-state index in [4.69, 9.17) is 23.2 Å². The number of nitrogens with zero attached hydrogens (tertiary/aromatic N) is 1. The number of pyridine rings is 1. The van der Waals surface area contributed by atoms with Crippen LogP contribution in [-0.2, 0) is 0 Å². The molecule has 0 aliphatic rings. The quantitative estimate of drug-likeness (QED) is 0.881. The van der Waals surface area contributed by atoms with Crippen molar-refractivity contribution in [2.45, 2.75) is 13.0 Å². The molecule has 1 N–H and O–H groups in total. The van der Waals surface area contributed by atoms with Crippen molar-refractivity contribution in [2.75, 3.05) is 5.32 Å². The van der Waals surface area contributed by atoms with E-state index in [9.17, 15) is 0 Å². The van der Waals surface area contributed by atoms with Gasteiger partial charge in [-0.3, -0.25) is 4.98 Å². The van der Waals surface area contributed by atoms with E-state index in [0.29, 0.717) is 5.02 Å². The smallest absolute Gasteiger partial charge is 0.0720 e. The summed E-state index contributed by atoms with van der Waals surface area (Å²) < 4.78 is 0. The number of hydrogen-bond donors (Lipinski definition) is 1. The van der Waals surface area contributed by atoms with Gasteiger partial charge in [0, 0.05) is 17.3 Å². The zero-order valence-corrected chi connectivity index (χ0v) is 10.8. The van der Waals surface area contributed by atoms with Gasteiger partial charge in [0.1, 0.15) is 0 Å². The minimum atomic E-state index is 0.147. The fraction of sp³-hybridized carbons (Fsp3) is 0.154. The van der Waals surface area contributed by atoms with Crippen molar-refractivity contribution in [2.24, 2.45) is 0 Å².